The molecular weight excluding hydrogens is 358 g/mol. The summed E-state index contributed by atoms with van der Waals surface area (Å²) in [4.78, 5) is 12.7. The molecule has 28 heavy (non-hydrogen) atoms. The Bertz CT molecular complexity index is 942. The molecule has 146 valence electrons. The molecule has 0 radical (unpaired) electrons. The van der Waals surface area contributed by atoms with Crippen molar-refractivity contribution in [2.45, 2.75) is 13.3 Å². The number of carbonyl (C=O) groups is 1. The molecule has 0 aliphatic rings. The Labute approximate surface area is 163 Å². The van der Waals surface area contributed by atoms with Crippen LogP contribution in [-0.2, 0) is 6.42 Å². The van der Waals surface area contributed by atoms with E-state index in [1.165, 1.54) is 0 Å². The quantitative estimate of drug-likeness (QED) is 0.648. The van der Waals surface area contributed by atoms with Gasteiger partial charge >= 0.3 is 0 Å². The molecule has 0 aliphatic carbocycles. The van der Waals surface area contributed by atoms with Crippen LogP contribution in [0.5, 0.6) is 17.2 Å². The molecule has 1 amide bonds. The predicted molar refractivity (Wildman–Crippen MR) is 107 cm³/mol. The lowest BCUT2D eigenvalue weighted by atomic mass is 10.1. The van der Waals surface area contributed by atoms with Crippen LogP contribution in [0.2, 0.25) is 0 Å². The van der Waals surface area contributed by atoms with E-state index in [4.69, 9.17) is 14.2 Å². The van der Waals surface area contributed by atoms with Crippen molar-refractivity contribution in [3.63, 3.8) is 0 Å². The highest BCUT2D eigenvalue weighted by atomic mass is 16.5. The van der Waals surface area contributed by atoms with Gasteiger partial charge in [-0.3, -0.25) is 9.89 Å². The number of anilines is 1. The van der Waals surface area contributed by atoms with Gasteiger partial charge in [-0.15, -0.1) is 0 Å². The van der Waals surface area contributed by atoms with Crippen molar-refractivity contribution in [3.05, 3.63) is 53.7 Å². The molecule has 0 spiro atoms. The van der Waals surface area contributed by atoms with Crippen LogP contribution in [0.15, 0.2) is 42.5 Å². The second kappa shape index (κ2) is 8.47. The number of H-pyrrole nitrogens is 1. The van der Waals surface area contributed by atoms with Gasteiger partial charge in [-0.25, -0.2) is 0 Å². The summed E-state index contributed by atoms with van der Waals surface area (Å²) in [5.41, 5.74) is 3.36. The van der Waals surface area contributed by atoms with Crippen LogP contribution in [0.4, 0.5) is 5.69 Å². The van der Waals surface area contributed by atoms with Gasteiger partial charge in [-0.05, 0) is 30.7 Å². The second-order valence-electron chi connectivity index (χ2n) is 6.01. The van der Waals surface area contributed by atoms with Gasteiger partial charge in [0.05, 0.1) is 32.7 Å². The number of nitrogens with one attached hydrogen (secondary N) is 2. The largest absolute Gasteiger partial charge is 0.493 e. The molecule has 2 N–H and O–H groups in total. The molecule has 1 heterocycles. The number of aryl methyl sites for hydroxylation is 1. The average molecular weight is 381 g/mol. The van der Waals surface area contributed by atoms with Crippen LogP contribution in [0, 0.1) is 0 Å². The van der Waals surface area contributed by atoms with Crippen molar-refractivity contribution in [1.82, 2.24) is 10.2 Å². The number of carbonyl (C=O) groups excluding carboxylic acids is 1. The van der Waals surface area contributed by atoms with E-state index in [1.54, 1.807) is 45.6 Å². The topological polar surface area (TPSA) is 85.5 Å². The van der Waals surface area contributed by atoms with E-state index in [9.17, 15) is 4.79 Å². The Morgan fingerprint density at radius 1 is 1.04 bits per heavy atom. The third kappa shape index (κ3) is 3.64. The highest BCUT2D eigenvalue weighted by molar-refractivity contribution is 6.06. The molecule has 0 atom stereocenters. The van der Waals surface area contributed by atoms with Crippen molar-refractivity contribution in [2.75, 3.05) is 26.6 Å². The van der Waals surface area contributed by atoms with Crippen molar-refractivity contribution in [2.24, 2.45) is 0 Å². The summed E-state index contributed by atoms with van der Waals surface area (Å²) in [6.07, 6.45) is 0.682. The van der Waals surface area contributed by atoms with E-state index < -0.39 is 0 Å². The molecule has 1 aromatic heterocycles. The smallest absolute Gasteiger partial charge is 0.255 e. The highest BCUT2D eigenvalue weighted by Crippen LogP contribution is 2.42. The first-order valence-electron chi connectivity index (χ1n) is 8.86. The number of ether oxygens (including phenoxy) is 3. The summed E-state index contributed by atoms with van der Waals surface area (Å²) in [5.74, 6) is 1.32. The molecule has 0 fully saturated rings. The Morgan fingerprint density at radius 3 is 2.21 bits per heavy atom. The Kier molecular flexibility index (Phi) is 5.84. The maximum atomic E-state index is 12.7. The fraction of sp³-hybridized carbons (Fsp3) is 0.238. The lowest BCUT2D eigenvalue weighted by molar-refractivity contribution is 0.102. The molecule has 0 saturated heterocycles. The molecule has 7 heteroatoms. The first kappa shape index (κ1) is 19.3. The SMILES string of the molecule is CCc1[nH]nc(-c2cc(OC)c(OC)c(OC)c2)c1NC(=O)c1ccccc1. The number of amides is 1. The zero-order valence-electron chi connectivity index (χ0n) is 16.3. The van der Waals surface area contributed by atoms with E-state index in [0.29, 0.717) is 40.6 Å². The number of methoxy groups -OCH3 is 3. The summed E-state index contributed by atoms with van der Waals surface area (Å²) in [5, 5.41) is 10.4. The molecular formula is C21H23N3O4. The minimum Gasteiger partial charge on any atom is -0.493 e. The van der Waals surface area contributed by atoms with Crippen molar-refractivity contribution < 1.29 is 19.0 Å². The van der Waals surface area contributed by atoms with Crippen molar-refractivity contribution in [3.8, 4) is 28.5 Å². The van der Waals surface area contributed by atoms with E-state index >= 15 is 0 Å². The monoisotopic (exact) mass is 381 g/mol. The van der Waals surface area contributed by atoms with Gasteiger partial charge in [0.2, 0.25) is 5.75 Å². The maximum absolute atomic E-state index is 12.7. The fourth-order valence-electron chi connectivity index (χ4n) is 2.97. The van der Waals surface area contributed by atoms with E-state index in [0.717, 1.165) is 11.3 Å². The van der Waals surface area contributed by atoms with Gasteiger partial charge in [0, 0.05) is 11.1 Å². The van der Waals surface area contributed by atoms with E-state index in [-0.39, 0.29) is 5.91 Å². The van der Waals surface area contributed by atoms with Crippen LogP contribution in [0.1, 0.15) is 23.0 Å². The Hall–Kier alpha value is -3.48. The third-order valence-corrected chi connectivity index (χ3v) is 4.41. The van der Waals surface area contributed by atoms with Gasteiger partial charge in [0.1, 0.15) is 5.69 Å². The normalized spacial score (nSPS) is 10.4. The lowest BCUT2D eigenvalue weighted by Gasteiger charge is -2.14. The van der Waals surface area contributed by atoms with Gasteiger partial charge in [0.15, 0.2) is 11.5 Å². The number of hydrogen-bond acceptors (Lipinski definition) is 5. The summed E-state index contributed by atoms with van der Waals surface area (Å²) < 4.78 is 16.2. The van der Waals surface area contributed by atoms with Crippen LogP contribution in [0.25, 0.3) is 11.3 Å². The number of nitrogens with zero attached hydrogens (tertiary/aromatic N) is 1. The number of benzene rings is 2. The Morgan fingerprint density at radius 2 is 1.68 bits per heavy atom. The highest BCUT2D eigenvalue weighted by Gasteiger charge is 2.21. The zero-order valence-corrected chi connectivity index (χ0v) is 16.3. The third-order valence-electron chi connectivity index (χ3n) is 4.41. The minimum atomic E-state index is -0.203. The van der Waals surface area contributed by atoms with Gasteiger partial charge in [-0.1, -0.05) is 25.1 Å². The van der Waals surface area contributed by atoms with Crippen molar-refractivity contribution >= 4 is 11.6 Å². The minimum absolute atomic E-state index is 0.203. The number of rotatable bonds is 7. The van der Waals surface area contributed by atoms with Crippen LogP contribution < -0.4 is 19.5 Å². The second-order valence-corrected chi connectivity index (χ2v) is 6.01. The summed E-state index contributed by atoms with van der Waals surface area (Å²) in [6, 6.07) is 12.6. The molecule has 0 bridgehead atoms. The first-order chi connectivity index (χ1) is 13.6. The van der Waals surface area contributed by atoms with Gasteiger partial charge < -0.3 is 19.5 Å². The first-order valence-corrected chi connectivity index (χ1v) is 8.86. The summed E-state index contributed by atoms with van der Waals surface area (Å²) >= 11 is 0. The predicted octanol–water partition coefficient (Wildman–Crippen LogP) is 3.92. The summed E-state index contributed by atoms with van der Waals surface area (Å²) in [6.45, 7) is 1.99. The summed E-state index contributed by atoms with van der Waals surface area (Å²) in [7, 11) is 4.66. The number of aromatic nitrogens is 2. The van der Waals surface area contributed by atoms with Crippen LogP contribution >= 0.6 is 0 Å². The average Bonchev–Trinajstić information content (AvgIpc) is 3.15. The fourth-order valence-corrected chi connectivity index (χ4v) is 2.97. The maximum Gasteiger partial charge on any atom is 0.255 e. The Balaban J connectivity index is 2.06. The van der Waals surface area contributed by atoms with Crippen LogP contribution in [0.3, 0.4) is 0 Å². The zero-order chi connectivity index (χ0) is 20.1. The molecule has 3 aromatic rings. The van der Waals surface area contributed by atoms with E-state index in [2.05, 4.69) is 15.5 Å². The van der Waals surface area contributed by atoms with Gasteiger partial charge in [-0.2, -0.15) is 5.10 Å². The number of hydrogen-bond donors (Lipinski definition) is 2. The van der Waals surface area contributed by atoms with Gasteiger partial charge in [0.25, 0.3) is 5.91 Å². The van der Waals surface area contributed by atoms with Crippen LogP contribution in [-0.4, -0.2) is 37.4 Å². The lowest BCUT2D eigenvalue weighted by Crippen LogP contribution is -2.13. The standard InChI is InChI=1S/C21H23N3O4/c1-5-15-19(22-21(25)13-9-7-6-8-10-13)18(24-23-15)14-11-16(26-2)20(28-4)17(12-14)27-3/h6-12H,5H2,1-4H3,(H,22,25)(H,23,24). The molecule has 7 nitrogen and oxygen atoms in total. The molecule has 0 aliphatic heterocycles. The molecule has 3 rings (SSSR count). The molecule has 0 unspecified atom stereocenters. The van der Waals surface area contributed by atoms with E-state index in [1.807, 2.05) is 25.1 Å². The van der Waals surface area contributed by atoms with Crippen molar-refractivity contribution in [1.29, 1.82) is 0 Å². The molecule has 0 saturated carbocycles. The molecule has 2 aromatic carbocycles. The number of aromatic amines is 1.